The van der Waals surface area contributed by atoms with Gasteiger partial charge in [0.05, 0.1) is 10.7 Å². The highest BCUT2D eigenvalue weighted by molar-refractivity contribution is 7.09. The molecule has 1 aromatic rings. The van der Waals surface area contributed by atoms with Crippen molar-refractivity contribution in [2.24, 2.45) is 0 Å². The number of hydrogen-bond acceptors (Lipinski definition) is 3. The van der Waals surface area contributed by atoms with Gasteiger partial charge in [0, 0.05) is 18.3 Å². The molecule has 0 aliphatic carbocycles. The number of nitrogens with zero attached hydrogens (tertiary/aromatic N) is 1. The molecule has 0 atom stereocenters. The van der Waals surface area contributed by atoms with Gasteiger partial charge in [0.1, 0.15) is 0 Å². The fourth-order valence-corrected chi connectivity index (χ4v) is 2.90. The molecule has 0 unspecified atom stereocenters. The van der Waals surface area contributed by atoms with Gasteiger partial charge in [0.15, 0.2) is 0 Å². The third kappa shape index (κ3) is 9.17. The molecule has 1 aromatic heterocycles. The maximum Gasteiger partial charge on any atom is 0.0897 e. The minimum atomic E-state index is 1.07. The Bertz CT molecular complexity index is 309. The lowest BCUT2D eigenvalue weighted by Gasteiger charge is -2.04. The second kappa shape index (κ2) is 11.4. The molecule has 110 valence electrons. The minimum absolute atomic E-state index is 1.07. The summed E-state index contributed by atoms with van der Waals surface area (Å²) in [6.45, 7) is 6.58. The van der Waals surface area contributed by atoms with Crippen LogP contribution in [0.1, 0.15) is 69.0 Å². The summed E-state index contributed by atoms with van der Waals surface area (Å²) in [6, 6.07) is 0. The van der Waals surface area contributed by atoms with E-state index in [0.29, 0.717) is 0 Å². The monoisotopic (exact) mass is 282 g/mol. The van der Waals surface area contributed by atoms with Crippen LogP contribution in [0.15, 0.2) is 5.38 Å². The molecule has 0 aliphatic rings. The van der Waals surface area contributed by atoms with Crippen molar-refractivity contribution in [1.82, 2.24) is 10.3 Å². The quantitative estimate of drug-likeness (QED) is 0.561. The average molecular weight is 282 g/mol. The molecule has 1 heterocycles. The highest BCUT2D eigenvalue weighted by atomic mass is 32.1. The predicted octanol–water partition coefficient (Wildman–Crippen LogP) is 4.72. The standard InChI is InChI=1S/C16H30N2S/c1-3-4-5-6-7-8-9-10-12-17-13-11-16-14-19-15(2)18-16/h14,17H,3-13H2,1-2H3. The first-order chi connectivity index (χ1) is 9.33. The number of thiazole rings is 1. The summed E-state index contributed by atoms with van der Waals surface area (Å²) in [4.78, 5) is 4.47. The van der Waals surface area contributed by atoms with Gasteiger partial charge >= 0.3 is 0 Å². The minimum Gasteiger partial charge on any atom is -0.316 e. The SMILES string of the molecule is CCCCCCCCCCNCCc1csc(C)n1. The lowest BCUT2D eigenvalue weighted by atomic mass is 10.1. The fourth-order valence-electron chi connectivity index (χ4n) is 2.25. The number of nitrogens with one attached hydrogen (secondary N) is 1. The van der Waals surface area contributed by atoms with Gasteiger partial charge in [-0.15, -0.1) is 11.3 Å². The zero-order valence-electron chi connectivity index (χ0n) is 12.7. The maximum atomic E-state index is 4.47. The van der Waals surface area contributed by atoms with Crippen LogP contribution in [0.25, 0.3) is 0 Å². The predicted molar refractivity (Wildman–Crippen MR) is 86.0 cm³/mol. The lowest BCUT2D eigenvalue weighted by Crippen LogP contribution is -2.18. The van der Waals surface area contributed by atoms with Gasteiger partial charge in [0.25, 0.3) is 0 Å². The zero-order chi connectivity index (χ0) is 13.8. The number of hydrogen-bond donors (Lipinski definition) is 1. The molecule has 19 heavy (non-hydrogen) atoms. The Kier molecular flexibility index (Phi) is 10.0. The fraction of sp³-hybridized carbons (Fsp3) is 0.812. The van der Waals surface area contributed by atoms with E-state index in [2.05, 4.69) is 29.5 Å². The van der Waals surface area contributed by atoms with Gasteiger partial charge < -0.3 is 5.32 Å². The van der Waals surface area contributed by atoms with E-state index in [9.17, 15) is 0 Å². The molecular weight excluding hydrogens is 252 g/mol. The van der Waals surface area contributed by atoms with Crippen LogP contribution in [0.5, 0.6) is 0 Å². The molecule has 0 aromatic carbocycles. The summed E-state index contributed by atoms with van der Waals surface area (Å²) in [5, 5.41) is 6.87. The van der Waals surface area contributed by atoms with Crippen LogP contribution in [-0.2, 0) is 6.42 Å². The van der Waals surface area contributed by atoms with E-state index >= 15 is 0 Å². The number of rotatable bonds is 12. The smallest absolute Gasteiger partial charge is 0.0897 e. The highest BCUT2D eigenvalue weighted by Crippen LogP contribution is 2.09. The molecule has 0 bridgehead atoms. The Labute approximate surface area is 123 Å². The summed E-state index contributed by atoms with van der Waals surface area (Å²) in [7, 11) is 0. The van der Waals surface area contributed by atoms with E-state index in [0.717, 1.165) is 19.5 Å². The molecule has 0 saturated carbocycles. The van der Waals surface area contributed by atoms with Gasteiger partial charge in [-0.25, -0.2) is 4.98 Å². The molecule has 0 fully saturated rings. The van der Waals surface area contributed by atoms with Gasteiger partial charge in [-0.3, -0.25) is 0 Å². The van der Waals surface area contributed by atoms with Crippen molar-refractivity contribution < 1.29 is 0 Å². The van der Waals surface area contributed by atoms with E-state index in [1.807, 2.05) is 0 Å². The molecular formula is C16H30N2S. The Balaban J connectivity index is 1.79. The van der Waals surface area contributed by atoms with Crippen LogP contribution in [0.2, 0.25) is 0 Å². The number of unbranched alkanes of at least 4 members (excludes halogenated alkanes) is 7. The molecule has 0 amide bonds. The maximum absolute atomic E-state index is 4.47. The van der Waals surface area contributed by atoms with Crippen molar-refractivity contribution in [2.75, 3.05) is 13.1 Å². The first-order valence-electron chi connectivity index (χ1n) is 7.94. The molecule has 1 rings (SSSR count). The highest BCUT2D eigenvalue weighted by Gasteiger charge is 1.97. The van der Waals surface area contributed by atoms with Crippen LogP contribution in [-0.4, -0.2) is 18.1 Å². The summed E-state index contributed by atoms with van der Waals surface area (Å²) >= 11 is 1.75. The van der Waals surface area contributed by atoms with E-state index in [1.165, 1.54) is 62.1 Å². The van der Waals surface area contributed by atoms with E-state index in [4.69, 9.17) is 0 Å². The van der Waals surface area contributed by atoms with Crippen molar-refractivity contribution >= 4 is 11.3 Å². The number of aryl methyl sites for hydroxylation is 1. The van der Waals surface area contributed by atoms with Crippen LogP contribution < -0.4 is 5.32 Å². The van der Waals surface area contributed by atoms with Gasteiger partial charge in [-0.2, -0.15) is 0 Å². The van der Waals surface area contributed by atoms with Crippen LogP contribution in [0.4, 0.5) is 0 Å². The van der Waals surface area contributed by atoms with E-state index in [-0.39, 0.29) is 0 Å². The topological polar surface area (TPSA) is 24.9 Å². The summed E-state index contributed by atoms with van der Waals surface area (Å²) in [5.74, 6) is 0. The van der Waals surface area contributed by atoms with Crippen LogP contribution in [0, 0.1) is 6.92 Å². The van der Waals surface area contributed by atoms with E-state index in [1.54, 1.807) is 11.3 Å². The Morgan fingerprint density at radius 2 is 1.68 bits per heavy atom. The summed E-state index contributed by atoms with van der Waals surface area (Å²) in [6.07, 6.45) is 12.3. The zero-order valence-corrected chi connectivity index (χ0v) is 13.5. The Hall–Kier alpha value is -0.410. The van der Waals surface area contributed by atoms with Gasteiger partial charge in [-0.05, 0) is 19.9 Å². The van der Waals surface area contributed by atoms with Gasteiger partial charge in [0.2, 0.25) is 0 Å². The molecule has 0 radical (unpaired) electrons. The third-order valence-corrected chi connectivity index (χ3v) is 4.25. The van der Waals surface area contributed by atoms with Crippen molar-refractivity contribution in [3.05, 3.63) is 16.1 Å². The first kappa shape index (κ1) is 16.6. The van der Waals surface area contributed by atoms with Crippen molar-refractivity contribution in [3.63, 3.8) is 0 Å². The van der Waals surface area contributed by atoms with Gasteiger partial charge in [-0.1, -0.05) is 51.9 Å². The third-order valence-electron chi connectivity index (χ3n) is 3.43. The number of aromatic nitrogens is 1. The van der Waals surface area contributed by atoms with Crippen molar-refractivity contribution in [2.45, 2.75) is 71.6 Å². The van der Waals surface area contributed by atoms with Crippen molar-refractivity contribution in [3.8, 4) is 0 Å². The molecule has 3 heteroatoms. The second-order valence-electron chi connectivity index (χ2n) is 5.33. The Morgan fingerprint density at radius 3 is 2.32 bits per heavy atom. The molecule has 0 aliphatic heterocycles. The van der Waals surface area contributed by atoms with Crippen LogP contribution in [0.3, 0.4) is 0 Å². The molecule has 0 saturated heterocycles. The molecule has 1 N–H and O–H groups in total. The van der Waals surface area contributed by atoms with Crippen molar-refractivity contribution in [1.29, 1.82) is 0 Å². The summed E-state index contributed by atoms with van der Waals surface area (Å²) < 4.78 is 0. The summed E-state index contributed by atoms with van der Waals surface area (Å²) in [5.41, 5.74) is 1.24. The van der Waals surface area contributed by atoms with Crippen LogP contribution >= 0.6 is 11.3 Å². The first-order valence-corrected chi connectivity index (χ1v) is 8.82. The Morgan fingerprint density at radius 1 is 1.00 bits per heavy atom. The normalized spacial score (nSPS) is 11.1. The average Bonchev–Trinajstić information content (AvgIpc) is 2.82. The molecule has 0 spiro atoms. The lowest BCUT2D eigenvalue weighted by molar-refractivity contribution is 0.555. The molecule has 2 nitrogen and oxygen atoms in total. The largest absolute Gasteiger partial charge is 0.316 e. The second-order valence-corrected chi connectivity index (χ2v) is 6.39. The van der Waals surface area contributed by atoms with E-state index < -0.39 is 0 Å².